The normalized spacial score (nSPS) is 12.5. The first-order chi connectivity index (χ1) is 22.8. The number of carbonyl (C=O) groups excluding carboxylic acids is 2. The Morgan fingerprint density at radius 1 is 0.766 bits per heavy atom. The van der Waals surface area contributed by atoms with E-state index in [1.807, 2.05) is 0 Å². The Kier molecular flexibility index (Phi) is 23.1. The van der Waals surface area contributed by atoms with Crippen LogP contribution in [0.5, 0.6) is 5.75 Å². The van der Waals surface area contributed by atoms with Crippen LogP contribution in [0.1, 0.15) is 108 Å². The molecular formula is C39H56N2O5S. The van der Waals surface area contributed by atoms with Crippen LogP contribution in [0.25, 0.3) is 0 Å². The number of thioether (sulfide) groups is 1. The van der Waals surface area contributed by atoms with E-state index < -0.39 is 16.7 Å². The fourth-order valence-electron chi connectivity index (χ4n) is 4.68. The maximum absolute atomic E-state index is 13.2. The van der Waals surface area contributed by atoms with Crippen molar-refractivity contribution in [2.75, 3.05) is 17.6 Å². The van der Waals surface area contributed by atoms with Crippen molar-refractivity contribution in [2.45, 2.75) is 103 Å². The molecule has 0 saturated carbocycles. The largest absolute Gasteiger partial charge is 0.507 e. The molecule has 1 rings (SSSR count). The third-order valence-corrected chi connectivity index (χ3v) is 9.34. The van der Waals surface area contributed by atoms with Gasteiger partial charge >= 0.3 is 12.0 Å². The number of allylic oxidation sites excluding steroid dienone is 12. The van der Waals surface area contributed by atoms with E-state index >= 15 is 0 Å². The van der Waals surface area contributed by atoms with Gasteiger partial charge in [0.15, 0.2) is 0 Å². The maximum Gasteiger partial charge on any atom is 0.339 e. The maximum atomic E-state index is 13.2. The monoisotopic (exact) mass is 664 g/mol. The van der Waals surface area contributed by atoms with Crippen LogP contribution < -0.4 is 10.6 Å². The summed E-state index contributed by atoms with van der Waals surface area (Å²) in [6.45, 7) is 6.59. The highest BCUT2D eigenvalue weighted by atomic mass is 32.2. The van der Waals surface area contributed by atoms with E-state index in [1.54, 1.807) is 11.8 Å². The number of phenols is 1. The van der Waals surface area contributed by atoms with Crippen molar-refractivity contribution in [1.29, 1.82) is 0 Å². The highest BCUT2D eigenvalue weighted by Gasteiger charge is 2.34. The minimum atomic E-state index is -1.29. The van der Waals surface area contributed by atoms with E-state index in [0.717, 1.165) is 70.0 Å². The van der Waals surface area contributed by atoms with Crippen LogP contribution in [0.15, 0.2) is 91.1 Å². The molecule has 0 saturated heterocycles. The number of Topliss-reactive ketones (excluding diaryl/α,β-unsaturated/α-hetero) is 1. The Morgan fingerprint density at radius 2 is 1.30 bits per heavy atom. The highest BCUT2D eigenvalue weighted by molar-refractivity contribution is 8.01. The topological polar surface area (TPSA) is 116 Å². The number of carboxylic acid groups (broad SMARTS) is 1. The van der Waals surface area contributed by atoms with E-state index in [2.05, 4.69) is 104 Å². The molecule has 0 spiro atoms. The van der Waals surface area contributed by atoms with Crippen LogP contribution >= 0.6 is 11.8 Å². The van der Waals surface area contributed by atoms with E-state index in [-0.39, 0.29) is 22.8 Å². The molecule has 0 aliphatic heterocycles. The zero-order valence-corrected chi connectivity index (χ0v) is 29.4. The Hall–Kier alpha value is -3.78. The van der Waals surface area contributed by atoms with E-state index in [9.17, 15) is 19.5 Å². The molecule has 0 fully saturated rings. The molecule has 0 unspecified atom stereocenters. The summed E-state index contributed by atoms with van der Waals surface area (Å²) < 4.78 is -0.403. The molecule has 0 bridgehead atoms. The molecule has 8 heteroatoms. The number of aromatic hydroxyl groups is 1. The fourth-order valence-corrected chi connectivity index (χ4v) is 6.05. The second-order valence-corrected chi connectivity index (χ2v) is 12.5. The number of aromatic carboxylic acids is 1. The number of carbonyl (C=O) groups is 3. The quantitative estimate of drug-likeness (QED) is 0.0470. The van der Waals surface area contributed by atoms with Crippen molar-refractivity contribution >= 4 is 35.2 Å². The minimum Gasteiger partial charge on any atom is -0.507 e. The number of benzene rings is 1. The van der Waals surface area contributed by atoms with Crippen LogP contribution in [0.3, 0.4) is 0 Å². The van der Waals surface area contributed by atoms with Gasteiger partial charge in [-0.05, 0) is 94.6 Å². The summed E-state index contributed by atoms with van der Waals surface area (Å²) in [6.07, 6.45) is 36.8. The van der Waals surface area contributed by atoms with Gasteiger partial charge in [-0.2, -0.15) is 0 Å². The van der Waals surface area contributed by atoms with Crippen LogP contribution in [-0.4, -0.2) is 45.0 Å². The molecule has 0 aliphatic carbocycles. The number of rotatable bonds is 25. The summed E-state index contributed by atoms with van der Waals surface area (Å²) >= 11 is 1.75. The summed E-state index contributed by atoms with van der Waals surface area (Å²) in [5.41, 5.74) is -0.0381. The minimum absolute atomic E-state index is 0.216. The number of hydrogen-bond donors (Lipinski definition) is 4. The van der Waals surface area contributed by atoms with Gasteiger partial charge in [0.1, 0.15) is 17.1 Å². The number of ketones is 1. The van der Waals surface area contributed by atoms with Gasteiger partial charge < -0.3 is 20.8 Å². The SMILES string of the molecule is CC/C=C\C/C=C\C/C=C\C/C=C\C/C=C\C/C=C\CCCSC(CC)(CC)C(=O)CCCNC(=O)Nc1ccc(O)c(C(=O)O)c1. The summed E-state index contributed by atoms with van der Waals surface area (Å²) in [5.74, 6) is -0.519. The van der Waals surface area contributed by atoms with Gasteiger partial charge in [-0.3, -0.25) is 4.79 Å². The number of carboxylic acids is 1. The summed E-state index contributed by atoms with van der Waals surface area (Å²) in [5, 5.41) is 24.0. The van der Waals surface area contributed by atoms with Gasteiger partial charge in [0.05, 0.1) is 4.75 Å². The number of anilines is 1. The summed E-state index contributed by atoms with van der Waals surface area (Å²) in [6, 6.07) is 3.33. The van der Waals surface area contributed by atoms with Gasteiger partial charge in [-0.1, -0.05) is 93.7 Å². The molecule has 47 heavy (non-hydrogen) atoms. The molecule has 2 amide bonds. The predicted octanol–water partition coefficient (Wildman–Crippen LogP) is 10.3. The van der Waals surface area contributed by atoms with Crippen LogP contribution in [0.2, 0.25) is 0 Å². The summed E-state index contributed by atoms with van der Waals surface area (Å²) in [4.78, 5) is 36.5. The molecule has 0 heterocycles. The van der Waals surface area contributed by atoms with Gasteiger partial charge in [0.2, 0.25) is 0 Å². The predicted molar refractivity (Wildman–Crippen MR) is 200 cm³/mol. The first kappa shape index (κ1) is 41.2. The fraction of sp³-hybridized carbons (Fsp3) is 0.462. The molecule has 7 nitrogen and oxygen atoms in total. The molecule has 258 valence electrons. The lowest BCUT2D eigenvalue weighted by atomic mass is 9.94. The molecule has 0 aromatic heterocycles. The number of amides is 2. The van der Waals surface area contributed by atoms with Crippen LogP contribution in [0, 0.1) is 0 Å². The molecule has 1 aromatic rings. The lowest BCUT2D eigenvalue weighted by Gasteiger charge is -2.29. The Labute approximate surface area is 287 Å². The van der Waals surface area contributed by atoms with Gasteiger partial charge in [0.25, 0.3) is 0 Å². The molecule has 1 aromatic carbocycles. The number of urea groups is 1. The van der Waals surface area contributed by atoms with Gasteiger partial charge in [0, 0.05) is 18.7 Å². The Balaban J connectivity index is 2.23. The Morgan fingerprint density at radius 3 is 1.81 bits per heavy atom. The van der Waals surface area contributed by atoms with Crippen LogP contribution in [-0.2, 0) is 4.79 Å². The van der Waals surface area contributed by atoms with E-state index in [1.165, 1.54) is 18.2 Å². The van der Waals surface area contributed by atoms with Crippen molar-refractivity contribution in [3.63, 3.8) is 0 Å². The molecule has 0 atom stereocenters. The average Bonchev–Trinajstić information content (AvgIpc) is 3.06. The lowest BCUT2D eigenvalue weighted by molar-refractivity contribution is -0.121. The van der Waals surface area contributed by atoms with E-state index in [0.29, 0.717) is 19.4 Å². The van der Waals surface area contributed by atoms with E-state index in [4.69, 9.17) is 5.11 Å². The zero-order valence-electron chi connectivity index (χ0n) is 28.6. The smallest absolute Gasteiger partial charge is 0.339 e. The zero-order chi connectivity index (χ0) is 34.6. The van der Waals surface area contributed by atoms with Crippen molar-refractivity contribution in [3.8, 4) is 5.75 Å². The highest BCUT2D eigenvalue weighted by Crippen LogP contribution is 2.35. The number of nitrogens with one attached hydrogen (secondary N) is 2. The number of unbranched alkanes of at least 4 members (excludes halogenated alkanes) is 1. The standard InChI is InChI=1S/C39H56N2O5S/c1-4-7-8-9-10-11-12-13-14-15-16-17-18-19-20-21-22-23-24-25-31-47-39(5-2,6-3)36(43)27-26-30-40-38(46)41-33-28-29-35(42)34(32-33)37(44)45/h7-8,10-11,13-14,16-17,19-20,22-23,28-29,32,42H,4-6,9,12,15,18,21,24-27,30-31H2,1-3H3,(H,44,45)(H2,40,41,46)/b8-7-,11-10-,14-13-,17-16-,20-19-,23-22-. The second-order valence-electron chi connectivity index (χ2n) is 11.1. The molecule has 4 N–H and O–H groups in total. The molecule has 0 aliphatic rings. The summed E-state index contributed by atoms with van der Waals surface area (Å²) in [7, 11) is 0. The number of hydrogen-bond acceptors (Lipinski definition) is 5. The molecular weight excluding hydrogens is 609 g/mol. The van der Waals surface area contributed by atoms with Crippen molar-refractivity contribution in [3.05, 3.63) is 96.7 Å². The Bertz CT molecular complexity index is 1240. The lowest BCUT2D eigenvalue weighted by Crippen LogP contribution is -2.35. The average molecular weight is 665 g/mol. The third-order valence-electron chi connectivity index (χ3n) is 7.49. The first-order valence-electron chi connectivity index (χ1n) is 17.0. The van der Waals surface area contributed by atoms with Crippen molar-refractivity contribution in [1.82, 2.24) is 5.32 Å². The second kappa shape index (κ2) is 26.3. The molecule has 0 radical (unpaired) electrons. The first-order valence-corrected chi connectivity index (χ1v) is 18.0. The van der Waals surface area contributed by atoms with Crippen LogP contribution in [0.4, 0.5) is 10.5 Å². The van der Waals surface area contributed by atoms with Crippen molar-refractivity contribution in [2.24, 2.45) is 0 Å². The van der Waals surface area contributed by atoms with Gasteiger partial charge in [-0.15, -0.1) is 11.8 Å². The van der Waals surface area contributed by atoms with Gasteiger partial charge in [-0.25, -0.2) is 9.59 Å². The third kappa shape index (κ3) is 18.8. The van der Waals surface area contributed by atoms with Crippen molar-refractivity contribution < 1.29 is 24.6 Å².